The van der Waals surface area contributed by atoms with E-state index >= 15 is 0 Å². The maximum Gasteiger partial charge on any atom is 0.255 e. The molecule has 1 aromatic heterocycles. The van der Waals surface area contributed by atoms with Crippen molar-refractivity contribution >= 4 is 11.8 Å². The fourth-order valence-electron chi connectivity index (χ4n) is 4.97. The van der Waals surface area contributed by atoms with Crippen LogP contribution in [0.3, 0.4) is 0 Å². The Morgan fingerprint density at radius 3 is 2.38 bits per heavy atom. The first-order chi connectivity index (χ1) is 15.6. The Morgan fingerprint density at radius 2 is 1.75 bits per heavy atom. The third-order valence-electron chi connectivity index (χ3n) is 6.63. The van der Waals surface area contributed by atoms with Gasteiger partial charge in [-0.2, -0.15) is 0 Å². The lowest BCUT2D eigenvalue weighted by Crippen LogP contribution is -2.73. The Kier molecular flexibility index (Phi) is 5.23. The van der Waals surface area contributed by atoms with Gasteiger partial charge >= 0.3 is 0 Å². The lowest BCUT2D eigenvalue weighted by Gasteiger charge is -2.58. The molecule has 2 amide bonds. The van der Waals surface area contributed by atoms with Gasteiger partial charge in [-0.25, -0.2) is 0 Å². The number of carbonyl (C=O) groups is 2. The van der Waals surface area contributed by atoms with Crippen LogP contribution in [0.4, 0.5) is 0 Å². The molecule has 3 aromatic rings. The second-order valence-electron chi connectivity index (χ2n) is 8.56. The van der Waals surface area contributed by atoms with Crippen LogP contribution in [0.2, 0.25) is 0 Å². The normalized spacial score (nSPS) is 22.3. The van der Waals surface area contributed by atoms with Gasteiger partial charge in [-0.15, -0.1) is 0 Å². The van der Waals surface area contributed by atoms with Gasteiger partial charge in [0.15, 0.2) is 0 Å². The Labute approximate surface area is 187 Å². The average molecular weight is 428 g/mol. The van der Waals surface area contributed by atoms with Crippen molar-refractivity contribution < 1.29 is 14.7 Å². The Balaban J connectivity index is 1.38. The quantitative estimate of drug-likeness (QED) is 0.695. The highest BCUT2D eigenvalue weighted by atomic mass is 16.3. The third kappa shape index (κ3) is 3.46. The molecule has 5 rings (SSSR count). The summed E-state index contributed by atoms with van der Waals surface area (Å²) in [6.45, 7) is 2.45. The summed E-state index contributed by atoms with van der Waals surface area (Å²) < 4.78 is 0. The molecule has 3 heterocycles. The number of aliphatic hydroxyl groups excluding tert-OH is 1. The van der Waals surface area contributed by atoms with Gasteiger partial charge in [0, 0.05) is 24.9 Å². The zero-order chi connectivity index (χ0) is 22.2. The number of aryl methyl sites for hydroxylation is 1. The number of hydrogen-bond acceptors (Lipinski definition) is 4. The van der Waals surface area contributed by atoms with E-state index in [1.165, 1.54) is 11.8 Å². The highest BCUT2D eigenvalue weighted by Gasteiger charge is 2.54. The van der Waals surface area contributed by atoms with Crippen molar-refractivity contribution in [2.45, 2.75) is 24.9 Å². The molecular weight excluding hydrogens is 402 g/mol. The minimum atomic E-state index is -0.256. The van der Waals surface area contributed by atoms with Crippen molar-refractivity contribution in [2.75, 3.05) is 19.7 Å². The third-order valence-corrected chi connectivity index (χ3v) is 6.63. The van der Waals surface area contributed by atoms with Crippen molar-refractivity contribution in [3.8, 4) is 11.1 Å². The van der Waals surface area contributed by atoms with E-state index in [0.29, 0.717) is 12.1 Å². The zero-order valence-corrected chi connectivity index (χ0v) is 17.9. The van der Waals surface area contributed by atoms with Crippen molar-refractivity contribution in [3.05, 3.63) is 89.7 Å². The van der Waals surface area contributed by atoms with E-state index in [2.05, 4.69) is 60.4 Å². The maximum atomic E-state index is 12.9. The van der Waals surface area contributed by atoms with E-state index in [9.17, 15) is 14.7 Å². The van der Waals surface area contributed by atoms with Crippen molar-refractivity contribution in [1.82, 2.24) is 14.8 Å². The molecule has 2 aliphatic heterocycles. The Morgan fingerprint density at radius 1 is 1.06 bits per heavy atom. The van der Waals surface area contributed by atoms with E-state index in [4.69, 9.17) is 0 Å². The van der Waals surface area contributed by atoms with Crippen LogP contribution in [0.25, 0.3) is 11.1 Å². The Hall–Kier alpha value is -3.51. The summed E-state index contributed by atoms with van der Waals surface area (Å²) >= 11 is 0. The van der Waals surface area contributed by atoms with E-state index in [-0.39, 0.29) is 43.0 Å². The number of aromatic nitrogens is 1. The van der Waals surface area contributed by atoms with Crippen LogP contribution in [0.5, 0.6) is 0 Å². The molecular formula is C26H25N3O3. The number of fused-ring (bicyclic) bond motifs is 1. The monoisotopic (exact) mass is 427 g/mol. The molecule has 0 bridgehead atoms. The van der Waals surface area contributed by atoms with Gasteiger partial charge in [-0.1, -0.05) is 54.1 Å². The molecule has 0 aliphatic carbocycles. The first-order valence-electron chi connectivity index (χ1n) is 10.8. The minimum Gasteiger partial charge on any atom is -0.394 e. The van der Waals surface area contributed by atoms with Crippen molar-refractivity contribution in [2.24, 2.45) is 0 Å². The van der Waals surface area contributed by atoms with Crippen LogP contribution in [0, 0.1) is 6.92 Å². The molecule has 2 aliphatic rings. The first kappa shape index (κ1) is 20.4. The van der Waals surface area contributed by atoms with Crippen molar-refractivity contribution in [3.63, 3.8) is 0 Å². The van der Waals surface area contributed by atoms with Crippen LogP contribution in [0.15, 0.2) is 73.1 Å². The highest BCUT2D eigenvalue weighted by Crippen LogP contribution is 2.43. The van der Waals surface area contributed by atoms with Crippen LogP contribution >= 0.6 is 0 Å². The first-order valence-corrected chi connectivity index (χ1v) is 10.8. The van der Waals surface area contributed by atoms with Gasteiger partial charge in [-0.3, -0.25) is 14.6 Å². The summed E-state index contributed by atoms with van der Waals surface area (Å²) in [6.07, 6.45) is 3.14. The number of pyridine rings is 1. The van der Waals surface area contributed by atoms with E-state index < -0.39 is 0 Å². The molecule has 6 nitrogen and oxygen atoms in total. The summed E-state index contributed by atoms with van der Waals surface area (Å²) in [5, 5.41) is 10.0. The number of amides is 2. The lowest BCUT2D eigenvalue weighted by molar-refractivity contribution is -0.159. The van der Waals surface area contributed by atoms with Gasteiger partial charge < -0.3 is 14.9 Å². The number of aliphatic hydroxyl groups is 1. The summed E-state index contributed by atoms with van der Waals surface area (Å²) in [4.78, 5) is 33.1. The predicted molar refractivity (Wildman–Crippen MR) is 121 cm³/mol. The smallest absolute Gasteiger partial charge is 0.255 e. The molecule has 2 saturated heterocycles. The number of rotatable bonds is 4. The topological polar surface area (TPSA) is 73.7 Å². The molecule has 2 aromatic carbocycles. The van der Waals surface area contributed by atoms with Crippen LogP contribution in [0.1, 0.15) is 27.4 Å². The number of piperazine rings is 1. The number of nitrogens with zero attached hydrogens (tertiary/aromatic N) is 3. The molecule has 162 valence electrons. The predicted octanol–water partition coefficient (Wildman–Crippen LogP) is 2.87. The summed E-state index contributed by atoms with van der Waals surface area (Å²) in [5.74, 6) is -0.322. The second kappa shape index (κ2) is 8.20. The molecule has 0 saturated carbocycles. The Bertz CT molecular complexity index is 1130. The van der Waals surface area contributed by atoms with E-state index in [0.717, 1.165) is 16.7 Å². The lowest BCUT2D eigenvalue weighted by atomic mass is 9.73. The summed E-state index contributed by atoms with van der Waals surface area (Å²) in [5.41, 5.74) is 5.05. The molecule has 2 fully saturated rings. The van der Waals surface area contributed by atoms with Crippen LogP contribution < -0.4 is 0 Å². The average Bonchev–Trinajstić information content (AvgIpc) is 2.81. The van der Waals surface area contributed by atoms with Gasteiger partial charge in [0.2, 0.25) is 5.91 Å². The highest BCUT2D eigenvalue weighted by molar-refractivity contribution is 5.97. The number of benzene rings is 2. The van der Waals surface area contributed by atoms with Gasteiger partial charge in [0.1, 0.15) is 6.54 Å². The van der Waals surface area contributed by atoms with Crippen molar-refractivity contribution in [1.29, 1.82) is 0 Å². The van der Waals surface area contributed by atoms with Crippen LogP contribution in [-0.4, -0.2) is 63.5 Å². The number of carbonyl (C=O) groups excluding carboxylic acids is 2. The standard InChI is InChI=1S/C26H25N3O3/c1-17-4-6-18(7-5-17)19-8-10-20(11-9-19)25-22-14-28(15-24(31)29(22)23(25)16-30)26(32)21-3-2-12-27-13-21/h2-13,22-23,25,30H,14-16H2,1H3/t22-,23-,25-/m1/s1. The zero-order valence-electron chi connectivity index (χ0n) is 17.9. The van der Waals surface area contributed by atoms with E-state index in [1.54, 1.807) is 28.1 Å². The summed E-state index contributed by atoms with van der Waals surface area (Å²) in [7, 11) is 0. The minimum absolute atomic E-state index is 0.0134. The number of hydrogen-bond donors (Lipinski definition) is 1. The fraction of sp³-hybridized carbons (Fsp3) is 0.269. The van der Waals surface area contributed by atoms with Gasteiger partial charge in [-0.05, 0) is 35.7 Å². The SMILES string of the molecule is Cc1ccc(-c2ccc([C@H]3[C@@H](CO)N4C(=O)CN(C(=O)c5cccnc5)C[C@H]34)cc2)cc1. The molecule has 6 heteroatoms. The van der Waals surface area contributed by atoms with E-state index in [1.807, 2.05) is 0 Å². The molecule has 0 radical (unpaired) electrons. The van der Waals surface area contributed by atoms with Gasteiger partial charge in [0.25, 0.3) is 5.91 Å². The molecule has 32 heavy (non-hydrogen) atoms. The fourth-order valence-corrected chi connectivity index (χ4v) is 4.97. The molecule has 0 unspecified atom stereocenters. The summed E-state index contributed by atoms with van der Waals surface area (Å²) in [6, 6.07) is 19.7. The van der Waals surface area contributed by atoms with Gasteiger partial charge in [0.05, 0.1) is 24.3 Å². The van der Waals surface area contributed by atoms with Crippen LogP contribution in [-0.2, 0) is 4.79 Å². The second-order valence-corrected chi connectivity index (χ2v) is 8.56. The maximum absolute atomic E-state index is 12.9. The largest absolute Gasteiger partial charge is 0.394 e. The molecule has 0 spiro atoms. The molecule has 1 N–H and O–H groups in total. The molecule has 3 atom stereocenters.